The fourth-order valence-corrected chi connectivity index (χ4v) is 5.63. The molecule has 2 aromatic rings. The van der Waals surface area contributed by atoms with Crippen LogP contribution < -0.4 is 16.0 Å². The Bertz CT molecular complexity index is 1000. The summed E-state index contributed by atoms with van der Waals surface area (Å²) in [6, 6.07) is 18.0. The summed E-state index contributed by atoms with van der Waals surface area (Å²) in [4.78, 5) is 42.1. The Balaban J connectivity index is 1.54. The monoisotopic (exact) mass is 504 g/mol. The lowest BCUT2D eigenvalue weighted by atomic mass is 9.83. The molecule has 3 atom stereocenters. The minimum Gasteiger partial charge on any atom is -0.343 e. The first-order valence-corrected chi connectivity index (χ1v) is 13.7. The van der Waals surface area contributed by atoms with Gasteiger partial charge in [-0.05, 0) is 56.7 Å². The molecule has 1 heterocycles. The van der Waals surface area contributed by atoms with Crippen LogP contribution in [0.2, 0.25) is 0 Å². The quantitative estimate of drug-likeness (QED) is 0.487. The Morgan fingerprint density at radius 2 is 1.41 bits per heavy atom. The second kappa shape index (κ2) is 12.9. The number of nitrogens with one attached hydrogen (secondary N) is 3. The molecule has 0 spiro atoms. The van der Waals surface area contributed by atoms with E-state index < -0.39 is 18.1 Å². The minimum atomic E-state index is -0.601. The van der Waals surface area contributed by atoms with Gasteiger partial charge in [-0.3, -0.25) is 14.4 Å². The van der Waals surface area contributed by atoms with Gasteiger partial charge in [0.2, 0.25) is 17.7 Å². The standard InChI is InChI=1S/C30H40N4O3/c1-21(31-2)28(35)33-27(24-17-10-5-11-18-24)30(37)34-20-12-19-25(34)29(36)32-26(22-13-6-3-7-14-22)23-15-8-4-9-16-23/h3-4,6-9,13-16,21,24-27,31H,5,10-12,17-20H2,1-2H3,(H,32,36)(H,33,35)/t21-,25-,27+/m0/s1. The molecule has 37 heavy (non-hydrogen) atoms. The van der Waals surface area contributed by atoms with Crippen LogP contribution >= 0.6 is 0 Å². The van der Waals surface area contributed by atoms with Crippen LogP contribution in [0.1, 0.15) is 69.0 Å². The van der Waals surface area contributed by atoms with Gasteiger partial charge in [0, 0.05) is 6.54 Å². The minimum absolute atomic E-state index is 0.0972. The van der Waals surface area contributed by atoms with Crippen molar-refractivity contribution in [1.82, 2.24) is 20.9 Å². The molecule has 0 unspecified atom stereocenters. The molecular weight excluding hydrogens is 464 g/mol. The Hall–Kier alpha value is -3.19. The molecule has 1 aliphatic carbocycles. The Morgan fingerprint density at radius 3 is 1.97 bits per heavy atom. The van der Waals surface area contributed by atoms with Crippen molar-refractivity contribution in [2.24, 2.45) is 5.92 Å². The summed E-state index contributed by atoms with van der Waals surface area (Å²) >= 11 is 0. The van der Waals surface area contributed by atoms with Gasteiger partial charge in [0.15, 0.2) is 0 Å². The highest BCUT2D eigenvalue weighted by Gasteiger charge is 2.41. The molecular formula is C30H40N4O3. The highest BCUT2D eigenvalue weighted by molar-refractivity contribution is 5.93. The molecule has 3 N–H and O–H groups in total. The predicted molar refractivity (Wildman–Crippen MR) is 145 cm³/mol. The van der Waals surface area contributed by atoms with Gasteiger partial charge in [0.1, 0.15) is 12.1 Å². The zero-order valence-electron chi connectivity index (χ0n) is 22.0. The first kappa shape index (κ1) is 26.9. The number of carbonyl (C=O) groups excluding carboxylic acids is 3. The van der Waals surface area contributed by atoms with Crippen molar-refractivity contribution in [2.75, 3.05) is 13.6 Å². The third-order valence-corrected chi connectivity index (χ3v) is 7.90. The molecule has 2 aromatic carbocycles. The number of likely N-dealkylation sites (N-methyl/N-ethyl adjacent to an activating group) is 1. The molecule has 7 nitrogen and oxygen atoms in total. The van der Waals surface area contributed by atoms with Gasteiger partial charge in [-0.15, -0.1) is 0 Å². The van der Waals surface area contributed by atoms with E-state index >= 15 is 0 Å². The highest BCUT2D eigenvalue weighted by atomic mass is 16.2. The van der Waals surface area contributed by atoms with Crippen LogP contribution in [0.3, 0.4) is 0 Å². The number of carbonyl (C=O) groups is 3. The zero-order chi connectivity index (χ0) is 26.2. The van der Waals surface area contributed by atoms with E-state index in [-0.39, 0.29) is 29.7 Å². The maximum Gasteiger partial charge on any atom is 0.246 e. The van der Waals surface area contributed by atoms with Gasteiger partial charge in [0.05, 0.1) is 12.1 Å². The van der Waals surface area contributed by atoms with Crippen LogP contribution in [-0.2, 0) is 14.4 Å². The maximum atomic E-state index is 13.9. The molecule has 3 amide bonds. The molecule has 0 aromatic heterocycles. The number of amides is 3. The SMILES string of the molecule is CN[C@@H](C)C(=O)N[C@@H](C(=O)N1CCC[C@H]1C(=O)NC(c1ccccc1)c1ccccc1)C1CCCCC1. The van der Waals surface area contributed by atoms with Gasteiger partial charge in [-0.1, -0.05) is 79.9 Å². The van der Waals surface area contributed by atoms with Gasteiger partial charge >= 0.3 is 0 Å². The average Bonchev–Trinajstić information content (AvgIpc) is 3.45. The van der Waals surface area contributed by atoms with Crippen LogP contribution in [0.4, 0.5) is 0 Å². The number of hydrogen-bond donors (Lipinski definition) is 3. The largest absolute Gasteiger partial charge is 0.343 e. The lowest BCUT2D eigenvalue weighted by molar-refractivity contribution is -0.143. The molecule has 0 radical (unpaired) electrons. The van der Waals surface area contributed by atoms with Crippen LogP contribution in [0, 0.1) is 5.92 Å². The van der Waals surface area contributed by atoms with E-state index in [0.29, 0.717) is 13.0 Å². The topological polar surface area (TPSA) is 90.5 Å². The number of likely N-dealkylation sites (tertiary alicyclic amines) is 1. The van der Waals surface area contributed by atoms with Crippen molar-refractivity contribution < 1.29 is 14.4 Å². The molecule has 198 valence electrons. The number of benzene rings is 2. The lowest BCUT2D eigenvalue weighted by Crippen LogP contribution is -2.58. The number of rotatable bonds is 9. The van der Waals surface area contributed by atoms with Crippen molar-refractivity contribution >= 4 is 17.7 Å². The third kappa shape index (κ3) is 6.58. The second-order valence-electron chi connectivity index (χ2n) is 10.3. The first-order valence-electron chi connectivity index (χ1n) is 13.7. The van der Waals surface area contributed by atoms with Crippen LogP contribution in [0.25, 0.3) is 0 Å². The molecule has 0 bridgehead atoms. The molecule has 1 aliphatic heterocycles. The summed E-state index contributed by atoms with van der Waals surface area (Å²) in [5.41, 5.74) is 1.98. The molecule has 1 saturated heterocycles. The van der Waals surface area contributed by atoms with Gasteiger partial charge < -0.3 is 20.9 Å². The van der Waals surface area contributed by atoms with Crippen molar-refractivity contribution in [1.29, 1.82) is 0 Å². The van der Waals surface area contributed by atoms with Gasteiger partial charge in [0.25, 0.3) is 0 Å². The summed E-state index contributed by atoms with van der Waals surface area (Å²) in [5, 5.41) is 9.23. The van der Waals surface area contributed by atoms with E-state index in [1.807, 2.05) is 60.7 Å². The van der Waals surface area contributed by atoms with Gasteiger partial charge in [-0.25, -0.2) is 0 Å². The molecule has 2 fully saturated rings. The highest BCUT2D eigenvalue weighted by Crippen LogP contribution is 2.30. The Kier molecular flexibility index (Phi) is 9.34. The predicted octanol–water partition coefficient (Wildman–Crippen LogP) is 3.56. The van der Waals surface area contributed by atoms with Crippen molar-refractivity contribution in [3.63, 3.8) is 0 Å². The first-order chi connectivity index (χ1) is 18.0. The molecule has 7 heteroatoms. The van der Waals surface area contributed by atoms with Crippen molar-refractivity contribution in [3.8, 4) is 0 Å². The zero-order valence-corrected chi connectivity index (χ0v) is 22.0. The van der Waals surface area contributed by atoms with E-state index in [1.165, 1.54) is 0 Å². The fraction of sp³-hybridized carbons (Fsp3) is 0.500. The average molecular weight is 505 g/mol. The Labute approximate surface area is 220 Å². The number of hydrogen-bond acceptors (Lipinski definition) is 4. The Morgan fingerprint density at radius 1 is 0.811 bits per heavy atom. The third-order valence-electron chi connectivity index (χ3n) is 7.90. The van der Waals surface area contributed by atoms with Crippen LogP contribution in [-0.4, -0.2) is 54.3 Å². The summed E-state index contributed by atoms with van der Waals surface area (Å²) < 4.78 is 0. The van der Waals surface area contributed by atoms with Crippen LogP contribution in [0.5, 0.6) is 0 Å². The smallest absolute Gasteiger partial charge is 0.246 e. The van der Waals surface area contributed by atoms with E-state index in [1.54, 1.807) is 18.9 Å². The number of nitrogens with zero attached hydrogens (tertiary/aromatic N) is 1. The molecule has 4 rings (SSSR count). The lowest BCUT2D eigenvalue weighted by Gasteiger charge is -2.35. The van der Waals surface area contributed by atoms with E-state index in [2.05, 4.69) is 16.0 Å². The molecule has 2 aliphatic rings. The molecule has 1 saturated carbocycles. The summed E-state index contributed by atoms with van der Waals surface area (Å²) in [7, 11) is 1.73. The van der Waals surface area contributed by atoms with E-state index in [9.17, 15) is 14.4 Å². The van der Waals surface area contributed by atoms with Crippen molar-refractivity contribution in [2.45, 2.75) is 76.0 Å². The fourth-order valence-electron chi connectivity index (χ4n) is 5.63. The van der Waals surface area contributed by atoms with Gasteiger partial charge in [-0.2, -0.15) is 0 Å². The summed E-state index contributed by atoms with van der Waals surface area (Å²) in [6.07, 6.45) is 6.50. The second-order valence-corrected chi connectivity index (χ2v) is 10.3. The van der Waals surface area contributed by atoms with E-state index in [4.69, 9.17) is 0 Å². The van der Waals surface area contributed by atoms with E-state index in [0.717, 1.165) is 49.7 Å². The summed E-state index contributed by atoms with van der Waals surface area (Å²) in [5.74, 6) is -0.363. The normalized spacial score (nSPS) is 19.9. The van der Waals surface area contributed by atoms with Crippen LogP contribution in [0.15, 0.2) is 60.7 Å². The van der Waals surface area contributed by atoms with Crippen molar-refractivity contribution in [3.05, 3.63) is 71.8 Å². The maximum absolute atomic E-state index is 13.9. The summed E-state index contributed by atoms with van der Waals surface area (Å²) in [6.45, 7) is 2.32.